The Morgan fingerprint density at radius 2 is 2.33 bits per heavy atom. The summed E-state index contributed by atoms with van der Waals surface area (Å²) in [6, 6.07) is 7.31. The van der Waals surface area contributed by atoms with Crippen LogP contribution in [0.5, 0.6) is 0 Å². The zero-order valence-corrected chi connectivity index (χ0v) is 8.95. The zero-order valence-electron chi connectivity index (χ0n) is 8.95. The van der Waals surface area contributed by atoms with Crippen molar-refractivity contribution in [1.29, 1.82) is 5.26 Å². The maximum absolute atomic E-state index is 8.70. The molecule has 0 saturated carbocycles. The van der Waals surface area contributed by atoms with E-state index < -0.39 is 0 Å². The van der Waals surface area contributed by atoms with Crippen LogP contribution in [0.25, 0.3) is 0 Å². The maximum atomic E-state index is 8.70. The standard InChI is InChI=1S/C11H15N3O/c1-8(15-2)7-14-10-4-3-9(6-12)11(13)5-10/h3-5,8,14H,7,13H2,1-2H3. The second-order valence-corrected chi connectivity index (χ2v) is 3.34. The molecule has 1 unspecified atom stereocenters. The van der Waals surface area contributed by atoms with Gasteiger partial charge in [-0.25, -0.2) is 0 Å². The number of nitrogens with zero attached hydrogens (tertiary/aromatic N) is 1. The molecule has 1 aromatic carbocycles. The molecule has 0 aliphatic carbocycles. The molecule has 15 heavy (non-hydrogen) atoms. The quantitative estimate of drug-likeness (QED) is 0.732. The molecule has 1 atom stereocenters. The van der Waals surface area contributed by atoms with Gasteiger partial charge in [0.15, 0.2) is 0 Å². The van der Waals surface area contributed by atoms with Gasteiger partial charge < -0.3 is 15.8 Å². The van der Waals surface area contributed by atoms with Crippen LogP contribution in [0, 0.1) is 11.3 Å². The van der Waals surface area contributed by atoms with Gasteiger partial charge in [-0.3, -0.25) is 0 Å². The summed E-state index contributed by atoms with van der Waals surface area (Å²) in [4.78, 5) is 0. The van der Waals surface area contributed by atoms with Crippen LogP contribution in [0.3, 0.4) is 0 Å². The van der Waals surface area contributed by atoms with E-state index in [1.54, 1.807) is 19.2 Å². The van der Waals surface area contributed by atoms with Gasteiger partial charge >= 0.3 is 0 Å². The Balaban J connectivity index is 2.64. The van der Waals surface area contributed by atoms with Gasteiger partial charge in [-0.05, 0) is 25.1 Å². The third-order valence-corrected chi connectivity index (χ3v) is 2.17. The summed E-state index contributed by atoms with van der Waals surface area (Å²) in [6.45, 7) is 2.68. The van der Waals surface area contributed by atoms with Gasteiger partial charge in [0.25, 0.3) is 0 Å². The van der Waals surface area contributed by atoms with Crippen molar-refractivity contribution in [1.82, 2.24) is 0 Å². The predicted octanol–water partition coefficient (Wildman–Crippen LogP) is 1.59. The summed E-state index contributed by atoms with van der Waals surface area (Å²) < 4.78 is 5.10. The minimum absolute atomic E-state index is 0.141. The van der Waals surface area contributed by atoms with Crippen LogP contribution < -0.4 is 11.1 Å². The van der Waals surface area contributed by atoms with E-state index in [-0.39, 0.29) is 6.10 Å². The lowest BCUT2D eigenvalue weighted by atomic mass is 10.2. The zero-order chi connectivity index (χ0) is 11.3. The molecular formula is C11H15N3O. The van der Waals surface area contributed by atoms with Gasteiger partial charge in [0, 0.05) is 19.3 Å². The van der Waals surface area contributed by atoms with Crippen LogP contribution in [0.1, 0.15) is 12.5 Å². The number of nitriles is 1. The van der Waals surface area contributed by atoms with E-state index in [1.807, 2.05) is 19.1 Å². The fraction of sp³-hybridized carbons (Fsp3) is 0.364. The Hall–Kier alpha value is -1.73. The topological polar surface area (TPSA) is 71.1 Å². The monoisotopic (exact) mass is 205 g/mol. The fourth-order valence-corrected chi connectivity index (χ4v) is 1.12. The van der Waals surface area contributed by atoms with E-state index in [0.29, 0.717) is 17.8 Å². The van der Waals surface area contributed by atoms with E-state index in [4.69, 9.17) is 15.7 Å². The summed E-state index contributed by atoms with van der Waals surface area (Å²) in [5, 5.41) is 11.9. The molecule has 0 bridgehead atoms. The third-order valence-electron chi connectivity index (χ3n) is 2.17. The van der Waals surface area contributed by atoms with Gasteiger partial charge in [-0.1, -0.05) is 0 Å². The first-order valence-corrected chi connectivity index (χ1v) is 4.73. The summed E-state index contributed by atoms with van der Waals surface area (Å²) in [5.74, 6) is 0. The number of methoxy groups -OCH3 is 1. The summed E-state index contributed by atoms with van der Waals surface area (Å²) in [7, 11) is 1.67. The van der Waals surface area contributed by atoms with Crippen molar-refractivity contribution in [2.24, 2.45) is 0 Å². The number of rotatable bonds is 4. The summed E-state index contributed by atoms with van der Waals surface area (Å²) in [6.07, 6.45) is 0.141. The molecule has 4 heteroatoms. The molecule has 0 saturated heterocycles. The Morgan fingerprint density at radius 1 is 1.60 bits per heavy atom. The largest absolute Gasteiger partial charge is 0.398 e. The number of hydrogen-bond donors (Lipinski definition) is 2. The second kappa shape index (κ2) is 5.23. The van der Waals surface area contributed by atoms with Gasteiger partial charge in [-0.15, -0.1) is 0 Å². The van der Waals surface area contributed by atoms with Crippen molar-refractivity contribution in [2.45, 2.75) is 13.0 Å². The Bertz CT molecular complexity index is 371. The second-order valence-electron chi connectivity index (χ2n) is 3.34. The highest BCUT2D eigenvalue weighted by Gasteiger charge is 2.01. The van der Waals surface area contributed by atoms with E-state index in [0.717, 1.165) is 5.69 Å². The highest BCUT2D eigenvalue weighted by atomic mass is 16.5. The average molecular weight is 205 g/mol. The Kier molecular flexibility index (Phi) is 3.95. The molecule has 1 aromatic rings. The Morgan fingerprint density at radius 3 is 2.87 bits per heavy atom. The van der Waals surface area contributed by atoms with Gasteiger partial charge in [0.2, 0.25) is 0 Å². The van der Waals surface area contributed by atoms with Crippen LogP contribution in [-0.2, 0) is 4.74 Å². The molecule has 0 fully saturated rings. The van der Waals surface area contributed by atoms with E-state index in [9.17, 15) is 0 Å². The molecule has 3 N–H and O–H groups in total. The molecule has 0 amide bonds. The first kappa shape index (κ1) is 11.3. The van der Waals surface area contributed by atoms with Crippen LogP contribution in [0.4, 0.5) is 11.4 Å². The smallest absolute Gasteiger partial charge is 0.101 e. The van der Waals surface area contributed by atoms with Crippen molar-refractivity contribution in [3.05, 3.63) is 23.8 Å². The molecule has 1 rings (SSSR count). The molecule has 0 aromatic heterocycles. The number of ether oxygens (including phenoxy) is 1. The van der Waals surface area contributed by atoms with E-state index >= 15 is 0 Å². The first-order chi connectivity index (χ1) is 7.17. The lowest BCUT2D eigenvalue weighted by molar-refractivity contribution is 0.129. The minimum Gasteiger partial charge on any atom is -0.398 e. The highest BCUT2D eigenvalue weighted by molar-refractivity contribution is 5.62. The van der Waals surface area contributed by atoms with Gasteiger partial charge in [0.1, 0.15) is 6.07 Å². The van der Waals surface area contributed by atoms with E-state index in [1.165, 1.54) is 0 Å². The number of benzene rings is 1. The number of nitrogens with two attached hydrogens (primary N) is 1. The number of nitrogen functional groups attached to an aromatic ring is 1. The molecule has 0 spiro atoms. The van der Waals surface area contributed by atoms with Gasteiger partial charge in [-0.2, -0.15) is 5.26 Å². The number of hydrogen-bond acceptors (Lipinski definition) is 4. The molecule has 0 aliphatic rings. The average Bonchev–Trinajstić information content (AvgIpc) is 2.26. The van der Waals surface area contributed by atoms with Gasteiger partial charge in [0.05, 0.1) is 17.4 Å². The predicted molar refractivity (Wildman–Crippen MR) is 60.5 cm³/mol. The fourth-order valence-electron chi connectivity index (χ4n) is 1.12. The van der Waals surface area contributed by atoms with Crippen molar-refractivity contribution >= 4 is 11.4 Å². The van der Waals surface area contributed by atoms with Crippen LogP contribution in [-0.4, -0.2) is 19.8 Å². The minimum atomic E-state index is 0.141. The van der Waals surface area contributed by atoms with Crippen LogP contribution in [0.15, 0.2) is 18.2 Å². The molecule has 0 aliphatic heterocycles. The third kappa shape index (κ3) is 3.15. The lowest BCUT2D eigenvalue weighted by Crippen LogP contribution is -2.18. The SMILES string of the molecule is COC(C)CNc1ccc(C#N)c(N)c1. The normalized spacial score (nSPS) is 11.8. The highest BCUT2D eigenvalue weighted by Crippen LogP contribution is 2.16. The van der Waals surface area contributed by atoms with Crippen molar-refractivity contribution in [2.75, 3.05) is 24.7 Å². The van der Waals surface area contributed by atoms with Crippen LogP contribution in [0.2, 0.25) is 0 Å². The molecule has 0 heterocycles. The number of nitrogens with one attached hydrogen (secondary N) is 1. The first-order valence-electron chi connectivity index (χ1n) is 4.73. The Labute approximate surface area is 89.7 Å². The van der Waals surface area contributed by atoms with Crippen molar-refractivity contribution in [3.8, 4) is 6.07 Å². The summed E-state index contributed by atoms with van der Waals surface area (Å²) >= 11 is 0. The molecule has 0 radical (unpaired) electrons. The summed E-state index contributed by atoms with van der Waals surface area (Å²) in [5.41, 5.74) is 7.57. The maximum Gasteiger partial charge on any atom is 0.101 e. The van der Waals surface area contributed by atoms with Crippen LogP contribution >= 0.6 is 0 Å². The van der Waals surface area contributed by atoms with E-state index in [2.05, 4.69) is 5.32 Å². The van der Waals surface area contributed by atoms with Crippen molar-refractivity contribution in [3.63, 3.8) is 0 Å². The molecule has 80 valence electrons. The number of anilines is 2. The van der Waals surface area contributed by atoms with Crippen molar-refractivity contribution < 1.29 is 4.74 Å². The lowest BCUT2D eigenvalue weighted by Gasteiger charge is -2.12. The molecule has 4 nitrogen and oxygen atoms in total. The molecular weight excluding hydrogens is 190 g/mol.